The van der Waals surface area contributed by atoms with Gasteiger partial charge < -0.3 is 4.90 Å². The Morgan fingerprint density at radius 2 is 2.25 bits per heavy atom. The molecule has 1 fully saturated rings. The second-order valence-corrected chi connectivity index (χ2v) is 5.01. The molecule has 0 spiro atoms. The lowest BCUT2D eigenvalue weighted by atomic mass is 10.1. The average Bonchev–Trinajstić information content (AvgIpc) is 2.76. The maximum Gasteiger partial charge on any atom is 0.0494 e. The lowest BCUT2D eigenvalue weighted by Crippen LogP contribution is -2.29. The molecular weight excluding hydrogens is 241 g/mol. The zero-order valence-corrected chi connectivity index (χ0v) is 11.1. The third-order valence-electron chi connectivity index (χ3n) is 3.35. The first-order chi connectivity index (χ1) is 7.76. The van der Waals surface area contributed by atoms with Gasteiger partial charge in [0.05, 0.1) is 0 Å². The average molecular weight is 258 g/mol. The molecule has 1 aromatic carbocycles. The maximum absolute atomic E-state index is 6.07. The van der Waals surface area contributed by atoms with E-state index in [1.165, 1.54) is 30.5 Å². The van der Waals surface area contributed by atoms with Gasteiger partial charge in [-0.15, -0.1) is 11.6 Å². The fourth-order valence-electron chi connectivity index (χ4n) is 2.49. The van der Waals surface area contributed by atoms with Crippen molar-refractivity contribution in [1.82, 2.24) is 0 Å². The molecule has 88 valence electrons. The molecule has 1 saturated heterocycles. The fourth-order valence-corrected chi connectivity index (χ4v) is 2.89. The van der Waals surface area contributed by atoms with E-state index in [-0.39, 0.29) is 0 Å². The molecule has 1 nitrogen and oxygen atoms in total. The molecule has 0 aliphatic carbocycles. The summed E-state index contributed by atoms with van der Waals surface area (Å²) in [5, 5.41) is 0.797. The maximum atomic E-state index is 6.07. The zero-order valence-electron chi connectivity index (χ0n) is 9.55. The predicted molar refractivity (Wildman–Crippen MR) is 71.7 cm³/mol. The Kier molecular flexibility index (Phi) is 3.99. The lowest BCUT2D eigenvalue weighted by molar-refractivity contribution is 0.644. The number of alkyl halides is 1. The standard InChI is InChI=1S/C13H17Cl2N/c1-2-12-4-3-7-16(12)13-8-11(15)6-5-10(13)9-14/h5-6,8,12H,2-4,7,9H2,1H3. The van der Waals surface area contributed by atoms with Gasteiger partial charge in [-0.3, -0.25) is 0 Å². The zero-order chi connectivity index (χ0) is 11.5. The van der Waals surface area contributed by atoms with Crippen LogP contribution in [0.4, 0.5) is 5.69 Å². The minimum Gasteiger partial charge on any atom is -0.368 e. The highest BCUT2D eigenvalue weighted by molar-refractivity contribution is 6.31. The molecule has 0 bridgehead atoms. The first-order valence-electron chi connectivity index (χ1n) is 5.87. The van der Waals surface area contributed by atoms with Crippen LogP contribution in [0.3, 0.4) is 0 Å². The number of rotatable bonds is 3. The van der Waals surface area contributed by atoms with Crippen LogP contribution in [0.1, 0.15) is 31.7 Å². The highest BCUT2D eigenvalue weighted by Gasteiger charge is 2.24. The molecule has 1 aliphatic heterocycles. The van der Waals surface area contributed by atoms with Crippen molar-refractivity contribution in [2.24, 2.45) is 0 Å². The number of hydrogen-bond donors (Lipinski definition) is 0. The van der Waals surface area contributed by atoms with E-state index in [0.29, 0.717) is 11.9 Å². The largest absolute Gasteiger partial charge is 0.368 e. The summed E-state index contributed by atoms with van der Waals surface area (Å²) in [6.07, 6.45) is 3.74. The Morgan fingerprint density at radius 3 is 2.94 bits per heavy atom. The van der Waals surface area contributed by atoms with Gasteiger partial charge in [-0.25, -0.2) is 0 Å². The highest BCUT2D eigenvalue weighted by atomic mass is 35.5. The van der Waals surface area contributed by atoms with Gasteiger partial charge in [-0.1, -0.05) is 24.6 Å². The van der Waals surface area contributed by atoms with E-state index in [2.05, 4.69) is 11.8 Å². The molecule has 0 aromatic heterocycles. The fraction of sp³-hybridized carbons (Fsp3) is 0.538. The molecule has 0 N–H and O–H groups in total. The van der Waals surface area contributed by atoms with Crippen molar-refractivity contribution in [2.75, 3.05) is 11.4 Å². The Balaban J connectivity index is 2.34. The molecule has 1 unspecified atom stereocenters. The Labute approximate surface area is 107 Å². The van der Waals surface area contributed by atoms with E-state index in [9.17, 15) is 0 Å². The Morgan fingerprint density at radius 1 is 1.44 bits per heavy atom. The molecule has 0 saturated carbocycles. The number of anilines is 1. The third-order valence-corrected chi connectivity index (χ3v) is 3.87. The molecular formula is C13H17Cl2N. The summed E-state index contributed by atoms with van der Waals surface area (Å²) in [5.41, 5.74) is 2.42. The second kappa shape index (κ2) is 5.29. The number of halogens is 2. The molecule has 3 heteroatoms. The van der Waals surface area contributed by atoms with Crippen LogP contribution in [0.15, 0.2) is 18.2 Å². The van der Waals surface area contributed by atoms with Gasteiger partial charge in [-0.2, -0.15) is 0 Å². The van der Waals surface area contributed by atoms with Gasteiger partial charge in [0.1, 0.15) is 0 Å². The van der Waals surface area contributed by atoms with Crippen LogP contribution >= 0.6 is 23.2 Å². The van der Waals surface area contributed by atoms with Crippen molar-refractivity contribution >= 4 is 28.9 Å². The molecule has 0 radical (unpaired) electrons. The summed E-state index contributed by atoms with van der Waals surface area (Å²) in [5.74, 6) is 0.555. The van der Waals surface area contributed by atoms with Gasteiger partial charge in [0, 0.05) is 29.2 Å². The predicted octanol–water partition coefficient (Wildman–Crippen LogP) is 4.46. The first-order valence-corrected chi connectivity index (χ1v) is 6.78. The van der Waals surface area contributed by atoms with E-state index in [1.54, 1.807) is 0 Å². The monoisotopic (exact) mass is 257 g/mol. The van der Waals surface area contributed by atoms with Gasteiger partial charge in [0.25, 0.3) is 0 Å². The van der Waals surface area contributed by atoms with Crippen molar-refractivity contribution in [2.45, 2.75) is 38.1 Å². The van der Waals surface area contributed by atoms with Gasteiger partial charge in [0.2, 0.25) is 0 Å². The number of benzene rings is 1. The van der Waals surface area contributed by atoms with Crippen molar-refractivity contribution in [3.63, 3.8) is 0 Å². The minimum absolute atomic E-state index is 0.555. The summed E-state index contributed by atoms with van der Waals surface area (Å²) in [7, 11) is 0. The third kappa shape index (κ3) is 2.31. The van der Waals surface area contributed by atoms with E-state index in [0.717, 1.165) is 11.6 Å². The van der Waals surface area contributed by atoms with Crippen molar-refractivity contribution in [3.05, 3.63) is 28.8 Å². The molecule has 0 amide bonds. The summed E-state index contributed by atoms with van der Waals surface area (Å²) < 4.78 is 0. The van der Waals surface area contributed by atoms with Gasteiger partial charge in [-0.05, 0) is 37.0 Å². The summed E-state index contributed by atoms with van der Waals surface area (Å²) >= 11 is 12.1. The molecule has 1 aromatic rings. The lowest BCUT2D eigenvalue weighted by Gasteiger charge is -2.28. The normalized spacial score (nSPS) is 20.4. The van der Waals surface area contributed by atoms with E-state index >= 15 is 0 Å². The van der Waals surface area contributed by atoms with Crippen LogP contribution in [0.25, 0.3) is 0 Å². The van der Waals surface area contributed by atoms with Crippen LogP contribution in [-0.2, 0) is 5.88 Å². The van der Waals surface area contributed by atoms with E-state index < -0.39 is 0 Å². The smallest absolute Gasteiger partial charge is 0.0494 e. The van der Waals surface area contributed by atoms with Crippen LogP contribution in [0, 0.1) is 0 Å². The van der Waals surface area contributed by atoms with Crippen LogP contribution in [0.2, 0.25) is 5.02 Å². The number of nitrogens with zero attached hydrogens (tertiary/aromatic N) is 1. The van der Waals surface area contributed by atoms with Crippen LogP contribution in [-0.4, -0.2) is 12.6 Å². The molecule has 16 heavy (non-hydrogen) atoms. The summed E-state index contributed by atoms with van der Waals surface area (Å²) in [6, 6.07) is 6.66. The molecule has 2 rings (SSSR count). The van der Waals surface area contributed by atoms with Gasteiger partial charge in [0.15, 0.2) is 0 Å². The van der Waals surface area contributed by atoms with Crippen LogP contribution in [0.5, 0.6) is 0 Å². The molecule has 1 heterocycles. The number of hydrogen-bond acceptors (Lipinski definition) is 1. The van der Waals surface area contributed by atoms with E-state index in [1.807, 2.05) is 18.2 Å². The van der Waals surface area contributed by atoms with Crippen molar-refractivity contribution in [1.29, 1.82) is 0 Å². The quantitative estimate of drug-likeness (QED) is 0.723. The van der Waals surface area contributed by atoms with Gasteiger partial charge >= 0.3 is 0 Å². The SMILES string of the molecule is CCC1CCCN1c1cc(Cl)ccc1CCl. The minimum atomic E-state index is 0.555. The summed E-state index contributed by atoms with van der Waals surface area (Å²) in [4.78, 5) is 2.46. The van der Waals surface area contributed by atoms with Crippen molar-refractivity contribution < 1.29 is 0 Å². The Bertz CT molecular complexity index is 365. The second-order valence-electron chi connectivity index (χ2n) is 4.30. The topological polar surface area (TPSA) is 3.24 Å². The van der Waals surface area contributed by atoms with Crippen LogP contribution < -0.4 is 4.90 Å². The molecule has 1 aliphatic rings. The summed E-state index contributed by atoms with van der Waals surface area (Å²) in [6.45, 7) is 3.37. The Hall–Kier alpha value is -0.400. The van der Waals surface area contributed by atoms with Crippen molar-refractivity contribution in [3.8, 4) is 0 Å². The first kappa shape index (κ1) is 12.1. The molecule has 1 atom stereocenters. The van der Waals surface area contributed by atoms with E-state index in [4.69, 9.17) is 23.2 Å². The highest BCUT2D eigenvalue weighted by Crippen LogP contribution is 2.32.